The number of hydrogen-bond donors (Lipinski definition) is 1. The number of anilines is 2. The van der Waals surface area contributed by atoms with Gasteiger partial charge in [-0.25, -0.2) is 9.97 Å². The lowest BCUT2D eigenvalue weighted by molar-refractivity contribution is 0.857. The molecule has 1 aliphatic heterocycles. The van der Waals surface area contributed by atoms with Crippen molar-refractivity contribution >= 4 is 11.6 Å². The molecule has 1 N–H and O–H groups in total. The van der Waals surface area contributed by atoms with Crippen molar-refractivity contribution < 1.29 is 0 Å². The fourth-order valence-electron chi connectivity index (χ4n) is 2.40. The highest BCUT2D eigenvalue weighted by molar-refractivity contribution is 5.59. The zero-order chi connectivity index (χ0) is 12.1. The lowest BCUT2D eigenvalue weighted by Crippen LogP contribution is -2.22. The van der Waals surface area contributed by atoms with Crippen LogP contribution in [0.15, 0.2) is 6.33 Å². The van der Waals surface area contributed by atoms with Crippen molar-refractivity contribution in [3.8, 4) is 0 Å². The Labute approximate surface area is 103 Å². The number of aromatic nitrogens is 2. The first kappa shape index (κ1) is 12.1. The van der Waals surface area contributed by atoms with E-state index in [1.54, 1.807) is 6.33 Å². The van der Waals surface area contributed by atoms with E-state index in [0.29, 0.717) is 0 Å². The van der Waals surface area contributed by atoms with Crippen LogP contribution < -0.4 is 10.2 Å². The average molecular weight is 234 g/mol. The van der Waals surface area contributed by atoms with Crippen molar-refractivity contribution in [3.63, 3.8) is 0 Å². The Kier molecular flexibility index (Phi) is 4.18. The molecule has 0 amide bonds. The molecule has 2 heterocycles. The lowest BCUT2D eigenvalue weighted by Gasteiger charge is -2.21. The van der Waals surface area contributed by atoms with Crippen LogP contribution in [0.2, 0.25) is 0 Å². The number of rotatable bonds is 5. The Balaban J connectivity index is 2.31. The summed E-state index contributed by atoms with van der Waals surface area (Å²) >= 11 is 0. The molecule has 1 aliphatic rings. The fourth-order valence-corrected chi connectivity index (χ4v) is 2.40. The molecule has 1 fully saturated rings. The van der Waals surface area contributed by atoms with E-state index in [1.807, 2.05) is 0 Å². The quantitative estimate of drug-likeness (QED) is 0.849. The van der Waals surface area contributed by atoms with Crippen LogP contribution in [-0.4, -0.2) is 29.6 Å². The molecule has 1 aromatic rings. The summed E-state index contributed by atoms with van der Waals surface area (Å²) in [5.41, 5.74) is 1.29. The molecule has 0 bridgehead atoms. The Morgan fingerprint density at radius 3 is 2.65 bits per heavy atom. The maximum absolute atomic E-state index is 4.50. The van der Waals surface area contributed by atoms with E-state index < -0.39 is 0 Å². The van der Waals surface area contributed by atoms with E-state index >= 15 is 0 Å². The van der Waals surface area contributed by atoms with Gasteiger partial charge in [0.15, 0.2) is 0 Å². The molecule has 1 saturated heterocycles. The molecular formula is C13H22N4. The highest BCUT2D eigenvalue weighted by Gasteiger charge is 2.19. The molecule has 0 saturated carbocycles. The van der Waals surface area contributed by atoms with Crippen molar-refractivity contribution in [2.75, 3.05) is 29.9 Å². The van der Waals surface area contributed by atoms with Crippen LogP contribution in [0.25, 0.3) is 0 Å². The fraction of sp³-hybridized carbons (Fsp3) is 0.692. The second-order valence-corrected chi connectivity index (χ2v) is 4.50. The van der Waals surface area contributed by atoms with Crippen molar-refractivity contribution in [2.24, 2.45) is 0 Å². The molecular weight excluding hydrogens is 212 g/mol. The third kappa shape index (κ3) is 2.68. The highest BCUT2D eigenvalue weighted by Crippen LogP contribution is 2.27. The van der Waals surface area contributed by atoms with Gasteiger partial charge in [-0.15, -0.1) is 0 Å². The smallest absolute Gasteiger partial charge is 0.137 e. The summed E-state index contributed by atoms with van der Waals surface area (Å²) in [5, 5.41) is 3.35. The molecule has 0 atom stereocenters. The van der Waals surface area contributed by atoms with Crippen LogP contribution in [0.4, 0.5) is 11.6 Å². The molecule has 0 spiro atoms. The van der Waals surface area contributed by atoms with Gasteiger partial charge in [0.05, 0.1) is 0 Å². The first-order valence-electron chi connectivity index (χ1n) is 6.69. The average Bonchev–Trinajstić information content (AvgIpc) is 2.85. The molecule has 2 rings (SSSR count). The van der Waals surface area contributed by atoms with Crippen LogP contribution in [0.5, 0.6) is 0 Å². The number of nitrogens with zero attached hydrogens (tertiary/aromatic N) is 3. The second-order valence-electron chi connectivity index (χ2n) is 4.50. The van der Waals surface area contributed by atoms with Gasteiger partial charge in [-0.2, -0.15) is 0 Å². The molecule has 94 valence electrons. The zero-order valence-electron chi connectivity index (χ0n) is 10.9. The maximum atomic E-state index is 4.50. The van der Waals surface area contributed by atoms with Gasteiger partial charge in [-0.3, -0.25) is 0 Å². The Morgan fingerprint density at radius 2 is 2.00 bits per heavy atom. The third-order valence-electron chi connectivity index (χ3n) is 3.17. The summed E-state index contributed by atoms with van der Waals surface area (Å²) in [4.78, 5) is 11.3. The highest BCUT2D eigenvalue weighted by atomic mass is 15.2. The molecule has 0 aliphatic carbocycles. The first-order valence-corrected chi connectivity index (χ1v) is 6.69. The van der Waals surface area contributed by atoms with Crippen LogP contribution in [0.3, 0.4) is 0 Å². The summed E-state index contributed by atoms with van der Waals surface area (Å²) in [6.45, 7) is 7.50. The van der Waals surface area contributed by atoms with Crippen LogP contribution in [0.1, 0.15) is 38.7 Å². The first-order chi connectivity index (χ1) is 8.36. The lowest BCUT2D eigenvalue weighted by atomic mass is 10.1. The summed E-state index contributed by atoms with van der Waals surface area (Å²) in [6, 6.07) is 0. The topological polar surface area (TPSA) is 41.1 Å². The van der Waals surface area contributed by atoms with Gasteiger partial charge in [-0.1, -0.05) is 13.3 Å². The van der Waals surface area contributed by atoms with E-state index in [1.165, 1.54) is 18.4 Å². The third-order valence-corrected chi connectivity index (χ3v) is 3.17. The van der Waals surface area contributed by atoms with E-state index in [0.717, 1.165) is 44.1 Å². The van der Waals surface area contributed by atoms with E-state index in [2.05, 4.69) is 34.0 Å². The molecule has 4 nitrogen and oxygen atoms in total. The minimum atomic E-state index is 0.910. The second kappa shape index (κ2) is 5.84. The van der Waals surface area contributed by atoms with Gasteiger partial charge >= 0.3 is 0 Å². The van der Waals surface area contributed by atoms with Gasteiger partial charge in [0.2, 0.25) is 0 Å². The predicted molar refractivity (Wildman–Crippen MR) is 71.6 cm³/mol. The maximum Gasteiger partial charge on any atom is 0.137 e. The van der Waals surface area contributed by atoms with Gasteiger partial charge in [0, 0.05) is 25.2 Å². The SMILES string of the molecule is CCCc1c(NCC)ncnc1N1CCCC1. The van der Waals surface area contributed by atoms with Crippen LogP contribution in [-0.2, 0) is 6.42 Å². The predicted octanol–water partition coefficient (Wildman–Crippen LogP) is 2.46. The molecule has 4 heteroatoms. The largest absolute Gasteiger partial charge is 0.370 e. The van der Waals surface area contributed by atoms with Crippen molar-refractivity contribution in [3.05, 3.63) is 11.9 Å². The minimum absolute atomic E-state index is 0.910. The monoisotopic (exact) mass is 234 g/mol. The van der Waals surface area contributed by atoms with E-state index in [-0.39, 0.29) is 0 Å². The van der Waals surface area contributed by atoms with Gasteiger partial charge in [0.1, 0.15) is 18.0 Å². The van der Waals surface area contributed by atoms with E-state index in [4.69, 9.17) is 0 Å². The summed E-state index contributed by atoms with van der Waals surface area (Å²) in [5.74, 6) is 2.17. The van der Waals surface area contributed by atoms with Gasteiger partial charge in [0.25, 0.3) is 0 Å². The van der Waals surface area contributed by atoms with Crippen molar-refractivity contribution in [1.29, 1.82) is 0 Å². The van der Waals surface area contributed by atoms with Gasteiger partial charge in [-0.05, 0) is 26.2 Å². The molecule has 0 unspecified atom stereocenters. The standard InChI is InChI=1S/C13H22N4/c1-3-7-11-12(14-4-2)15-10-16-13(11)17-8-5-6-9-17/h10H,3-9H2,1-2H3,(H,14,15,16). The van der Waals surface area contributed by atoms with Crippen LogP contribution >= 0.6 is 0 Å². The zero-order valence-corrected chi connectivity index (χ0v) is 10.9. The number of nitrogens with one attached hydrogen (secondary N) is 1. The molecule has 0 aromatic carbocycles. The molecule has 17 heavy (non-hydrogen) atoms. The Bertz CT molecular complexity index is 358. The molecule has 1 aromatic heterocycles. The van der Waals surface area contributed by atoms with Crippen molar-refractivity contribution in [1.82, 2.24) is 9.97 Å². The summed E-state index contributed by atoms with van der Waals surface area (Å²) in [6.07, 6.45) is 6.44. The summed E-state index contributed by atoms with van der Waals surface area (Å²) in [7, 11) is 0. The number of hydrogen-bond acceptors (Lipinski definition) is 4. The summed E-state index contributed by atoms with van der Waals surface area (Å²) < 4.78 is 0. The van der Waals surface area contributed by atoms with Crippen LogP contribution in [0, 0.1) is 0 Å². The van der Waals surface area contributed by atoms with Crippen molar-refractivity contribution in [2.45, 2.75) is 39.5 Å². The molecule has 0 radical (unpaired) electrons. The minimum Gasteiger partial charge on any atom is -0.370 e. The normalized spacial score (nSPS) is 15.3. The van der Waals surface area contributed by atoms with Gasteiger partial charge < -0.3 is 10.2 Å². The Hall–Kier alpha value is -1.32. The Morgan fingerprint density at radius 1 is 1.24 bits per heavy atom. The van der Waals surface area contributed by atoms with E-state index in [9.17, 15) is 0 Å².